The second kappa shape index (κ2) is 6.12. The molecule has 0 saturated heterocycles. The fraction of sp³-hybridized carbons (Fsp3) is 0.455. The fourth-order valence-electron chi connectivity index (χ4n) is 5.86. The quantitative estimate of drug-likeness (QED) is 0.363. The maximum atomic E-state index is 10.0. The Hall–Kier alpha value is -2.76. The van der Waals surface area contributed by atoms with Crippen LogP contribution in [-0.2, 0) is 0 Å². The van der Waals surface area contributed by atoms with Crippen LogP contribution in [0.4, 0.5) is 11.4 Å². The van der Waals surface area contributed by atoms with Gasteiger partial charge < -0.3 is 31.2 Å². The Bertz CT molecular complexity index is 862. The number of fused-ring (bicyclic) bond motifs is 5. The average Bonchev–Trinajstić information content (AvgIpc) is 3.34. The van der Waals surface area contributed by atoms with Gasteiger partial charge in [-0.25, -0.2) is 0 Å². The van der Waals surface area contributed by atoms with Crippen molar-refractivity contribution in [3.63, 3.8) is 0 Å². The van der Waals surface area contributed by atoms with Gasteiger partial charge >= 0.3 is 0 Å². The lowest BCUT2D eigenvalue weighted by Gasteiger charge is -2.42. The zero-order chi connectivity index (χ0) is 19.5. The Morgan fingerprint density at radius 3 is 2.00 bits per heavy atom. The van der Waals surface area contributed by atoms with E-state index in [0.717, 1.165) is 18.8 Å². The van der Waals surface area contributed by atoms with Gasteiger partial charge in [-0.15, -0.1) is 0 Å². The van der Waals surface area contributed by atoms with E-state index in [4.69, 9.17) is 20.9 Å². The monoisotopic (exact) mass is 382 g/mol. The molecule has 6 N–H and O–H groups in total. The van der Waals surface area contributed by atoms with Crippen molar-refractivity contribution in [3.05, 3.63) is 36.4 Å². The highest BCUT2D eigenvalue weighted by Crippen LogP contribution is 2.63. The van der Waals surface area contributed by atoms with Crippen LogP contribution in [0.2, 0.25) is 0 Å². The van der Waals surface area contributed by atoms with Crippen LogP contribution in [0.3, 0.4) is 0 Å². The van der Waals surface area contributed by atoms with E-state index in [0.29, 0.717) is 34.7 Å². The van der Waals surface area contributed by atoms with Gasteiger partial charge in [0.25, 0.3) is 5.79 Å². The minimum absolute atomic E-state index is 0.000298. The third kappa shape index (κ3) is 2.62. The summed E-state index contributed by atoms with van der Waals surface area (Å²) in [4.78, 5) is 0. The number of benzene rings is 2. The normalized spacial score (nSPS) is 29.6. The zero-order valence-electron chi connectivity index (χ0n) is 15.7. The summed E-state index contributed by atoms with van der Waals surface area (Å²) in [5, 5.41) is 20.0. The van der Waals surface area contributed by atoms with E-state index in [2.05, 4.69) is 0 Å². The smallest absolute Gasteiger partial charge is 0.254 e. The Balaban J connectivity index is 1.51. The summed E-state index contributed by atoms with van der Waals surface area (Å²) in [5.74, 6) is 2.49. The molecule has 148 valence electrons. The van der Waals surface area contributed by atoms with Crippen molar-refractivity contribution in [1.29, 1.82) is 0 Å². The van der Waals surface area contributed by atoms with Crippen LogP contribution < -0.4 is 20.9 Å². The van der Waals surface area contributed by atoms with E-state index < -0.39 is 5.79 Å². The number of aromatic hydroxyl groups is 2. The van der Waals surface area contributed by atoms with Crippen LogP contribution in [0.1, 0.15) is 32.1 Å². The SMILES string of the molecule is Nc1ccc(OC2(Oc3ccc(N)c(O)c3)CC3CC2C2CCCC32)cc1O. The second-order valence-electron chi connectivity index (χ2n) is 8.52. The highest BCUT2D eigenvalue weighted by atomic mass is 16.7. The molecular formula is C22H26N2O4. The van der Waals surface area contributed by atoms with Gasteiger partial charge in [-0.1, -0.05) is 6.42 Å². The second-order valence-corrected chi connectivity index (χ2v) is 8.52. The summed E-state index contributed by atoms with van der Waals surface area (Å²) in [5.41, 5.74) is 12.1. The Kier molecular flexibility index (Phi) is 3.79. The molecular weight excluding hydrogens is 356 g/mol. The van der Waals surface area contributed by atoms with Crippen LogP contribution in [0.25, 0.3) is 0 Å². The van der Waals surface area contributed by atoms with E-state index in [9.17, 15) is 10.2 Å². The standard InChI is InChI=1S/C22H26N2O4/c23-18-6-4-13(9-20(18)25)27-22(28-14-5-7-19(24)21(26)10-14)11-12-8-17(22)16-3-1-2-15(12)16/h4-7,9-10,12,15-17,25-26H,1-3,8,11,23-24H2. The van der Waals surface area contributed by atoms with Gasteiger partial charge in [-0.05, 0) is 61.3 Å². The Morgan fingerprint density at radius 2 is 1.43 bits per heavy atom. The van der Waals surface area contributed by atoms with E-state index >= 15 is 0 Å². The Labute approximate surface area is 164 Å². The van der Waals surface area contributed by atoms with Crippen molar-refractivity contribution in [2.45, 2.75) is 37.9 Å². The molecule has 0 radical (unpaired) electrons. The summed E-state index contributed by atoms with van der Waals surface area (Å²) in [6.07, 6.45) is 5.67. The molecule has 2 aromatic carbocycles. The highest BCUT2D eigenvalue weighted by Gasteiger charge is 2.64. The summed E-state index contributed by atoms with van der Waals surface area (Å²) in [6, 6.07) is 9.88. The maximum absolute atomic E-state index is 10.0. The van der Waals surface area contributed by atoms with Crippen molar-refractivity contribution in [1.82, 2.24) is 0 Å². The summed E-state index contributed by atoms with van der Waals surface area (Å²) in [6.45, 7) is 0. The summed E-state index contributed by atoms with van der Waals surface area (Å²) in [7, 11) is 0. The maximum Gasteiger partial charge on any atom is 0.254 e. The van der Waals surface area contributed by atoms with Crippen LogP contribution >= 0.6 is 0 Å². The van der Waals surface area contributed by atoms with E-state index in [1.807, 2.05) is 0 Å². The van der Waals surface area contributed by atoms with Gasteiger partial charge in [-0.3, -0.25) is 0 Å². The molecule has 4 unspecified atom stereocenters. The van der Waals surface area contributed by atoms with Crippen molar-refractivity contribution in [3.8, 4) is 23.0 Å². The lowest BCUT2D eigenvalue weighted by atomic mass is 9.78. The average molecular weight is 382 g/mol. The van der Waals surface area contributed by atoms with Gasteiger partial charge in [-0.2, -0.15) is 0 Å². The van der Waals surface area contributed by atoms with E-state index in [1.54, 1.807) is 36.4 Å². The molecule has 3 aliphatic rings. The summed E-state index contributed by atoms with van der Waals surface area (Å²) >= 11 is 0. The molecule has 0 aliphatic heterocycles. The van der Waals surface area contributed by atoms with Crippen LogP contribution in [0.15, 0.2) is 36.4 Å². The number of rotatable bonds is 4. The lowest BCUT2D eigenvalue weighted by Crippen LogP contribution is -2.51. The fourth-order valence-corrected chi connectivity index (χ4v) is 5.86. The van der Waals surface area contributed by atoms with Gasteiger partial charge in [0.15, 0.2) is 0 Å². The van der Waals surface area contributed by atoms with Gasteiger partial charge in [0.1, 0.15) is 23.0 Å². The third-order valence-corrected chi connectivity index (χ3v) is 7.00. The number of hydrogen-bond donors (Lipinski definition) is 4. The molecule has 3 saturated carbocycles. The van der Waals surface area contributed by atoms with Crippen molar-refractivity contribution >= 4 is 11.4 Å². The molecule has 0 amide bonds. The number of nitrogen functional groups attached to an aromatic ring is 2. The topological polar surface area (TPSA) is 111 Å². The number of hydrogen-bond acceptors (Lipinski definition) is 6. The molecule has 5 rings (SSSR count). The first-order valence-electron chi connectivity index (χ1n) is 10.0. The molecule has 4 atom stereocenters. The first-order chi connectivity index (χ1) is 13.4. The predicted octanol–water partition coefficient (Wildman–Crippen LogP) is 3.87. The zero-order valence-corrected chi connectivity index (χ0v) is 15.7. The van der Waals surface area contributed by atoms with E-state index in [1.165, 1.54) is 19.3 Å². The molecule has 2 bridgehead atoms. The Morgan fingerprint density at radius 1 is 0.857 bits per heavy atom. The minimum atomic E-state index is -0.818. The van der Waals surface area contributed by atoms with Gasteiger partial charge in [0.2, 0.25) is 0 Å². The van der Waals surface area contributed by atoms with Crippen LogP contribution in [0, 0.1) is 23.7 Å². The molecule has 0 spiro atoms. The molecule has 6 nitrogen and oxygen atoms in total. The number of ether oxygens (including phenoxy) is 2. The van der Waals surface area contributed by atoms with Gasteiger partial charge in [0.05, 0.1) is 11.4 Å². The first kappa shape index (κ1) is 17.3. The number of phenols is 2. The molecule has 0 heterocycles. The first-order valence-corrected chi connectivity index (χ1v) is 10.0. The van der Waals surface area contributed by atoms with Crippen LogP contribution in [0.5, 0.6) is 23.0 Å². The third-order valence-electron chi connectivity index (χ3n) is 7.00. The molecule has 3 fully saturated rings. The van der Waals surface area contributed by atoms with Gasteiger partial charge in [0, 0.05) is 24.5 Å². The van der Waals surface area contributed by atoms with Crippen molar-refractivity contribution < 1.29 is 19.7 Å². The van der Waals surface area contributed by atoms with Crippen LogP contribution in [-0.4, -0.2) is 16.0 Å². The summed E-state index contributed by atoms with van der Waals surface area (Å²) < 4.78 is 12.9. The molecule has 0 aromatic heterocycles. The number of nitrogens with two attached hydrogens (primary N) is 2. The minimum Gasteiger partial charge on any atom is -0.506 e. The van der Waals surface area contributed by atoms with E-state index in [-0.39, 0.29) is 17.4 Å². The number of phenolic OH excluding ortho intramolecular Hbond substituents is 2. The highest BCUT2D eigenvalue weighted by molar-refractivity contribution is 5.55. The van der Waals surface area contributed by atoms with Crippen molar-refractivity contribution in [2.75, 3.05) is 11.5 Å². The molecule has 3 aliphatic carbocycles. The molecule has 6 heteroatoms. The lowest BCUT2D eigenvalue weighted by molar-refractivity contribution is -0.169. The molecule has 2 aromatic rings. The van der Waals surface area contributed by atoms with Crippen molar-refractivity contribution in [2.24, 2.45) is 23.7 Å². The molecule has 28 heavy (non-hydrogen) atoms. The largest absolute Gasteiger partial charge is 0.506 e. The number of anilines is 2. The predicted molar refractivity (Wildman–Crippen MR) is 106 cm³/mol.